The third kappa shape index (κ3) is 3.18. The number of methoxy groups -OCH3 is 1. The molecule has 24 heavy (non-hydrogen) atoms. The molecule has 1 aliphatic heterocycles. The molecule has 0 spiro atoms. The number of benzene rings is 1. The van der Waals surface area contributed by atoms with E-state index in [2.05, 4.69) is 5.32 Å². The highest BCUT2D eigenvalue weighted by Crippen LogP contribution is 2.35. The van der Waals surface area contributed by atoms with Gasteiger partial charge in [-0.05, 0) is 37.1 Å². The summed E-state index contributed by atoms with van der Waals surface area (Å²) in [6, 6.07) is 6.98. The van der Waals surface area contributed by atoms with Crippen molar-refractivity contribution in [1.29, 1.82) is 0 Å². The molecule has 0 bridgehead atoms. The summed E-state index contributed by atoms with van der Waals surface area (Å²) in [7, 11) is 1.57. The molecule has 1 aromatic rings. The number of likely N-dealkylation sites (tertiary alicyclic amines) is 1. The van der Waals surface area contributed by atoms with Crippen molar-refractivity contribution in [3.05, 3.63) is 36.4 Å². The normalized spacial score (nSPS) is 22.5. The third-order valence-electron chi connectivity index (χ3n) is 4.54. The van der Waals surface area contributed by atoms with Crippen molar-refractivity contribution >= 4 is 23.4 Å². The summed E-state index contributed by atoms with van der Waals surface area (Å²) in [6.45, 7) is 0.132. The lowest BCUT2D eigenvalue weighted by Crippen LogP contribution is -2.34. The van der Waals surface area contributed by atoms with Crippen LogP contribution in [0.3, 0.4) is 0 Å². The number of ether oxygens (including phenoxy) is 1. The van der Waals surface area contributed by atoms with Gasteiger partial charge in [0.1, 0.15) is 5.75 Å². The fourth-order valence-corrected chi connectivity index (χ4v) is 3.20. The molecule has 0 radical (unpaired) electrons. The highest BCUT2D eigenvalue weighted by atomic mass is 16.5. The average Bonchev–Trinajstić information content (AvgIpc) is 2.85. The van der Waals surface area contributed by atoms with Crippen LogP contribution in [0.5, 0.6) is 5.75 Å². The highest BCUT2D eigenvalue weighted by Gasteiger charge is 2.46. The van der Waals surface area contributed by atoms with Crippen LogP contribution >= 0.6 is 0 Å². The van der Waals surface area contributed by atoms with E-state index in [-0.39, 0.29) is 42.5 Å². The Morgan fingerprint density at radius 3 is 2.25 bits per heavy atom. The van der Waals surface area contributed by atoms with E-state index in [0.717, 1.165) is 0 Å². The predicted octanol–water partition coefficient (Wildman–Crippen LogP) is 1.97. The van der Waals surface area contributed by atoms with E-state index >= 15 is 0 Å². The van der Waals surface area contributed by atoms with Gasteiger partial charge >= 0.3 is 0 Å². The number of fused-ring (bicyclic) bond motifs is 1. The van der Waals surface area contributed by atoms with Crippen molar-refractivity contribution in [1.82, 2.24) is 4.90 Å². The van der Waals surface area contributed by atoms with Gasteiger partial charge in [-0.25, -0.2) is 0 Å². The molecule has 0 saturated carbocycles. The molecule has 126 valence electrons. The first-order chi connectivity index (χ1) is 11.6. The van der Waals surface area contributed by atoms with Gasteiger partial charge in [0.05, 0.1) is 18.9 Å². The maximum Gasteiger partial charge on any atom is 0.233 e. The zero-order valence-corrected chi connectivity index (χ0v) is 13.5. The quantitative estimate of drug-likeness (QED) is 0.662. The number of nitrogens with one attached hydrogen (secondary N) is 1. The average molecular weight is 328 g/mol. The lowest BCUT2D eigenvalue weighted by Gasteiger charge is -2.14. The largest absolute Gasteiger partial charge is 0.497 e. The van der Waals surface area contributed by atoms with Crippen molar-refractivity contribution in [2.75, 3.05) is 19.0 Å². The van der Waals surface area contributed by atoms with Crippen LogP contribution in [0, 0.1) is 11.8 Å². The number of amides is 3. The minimum atomic E-state index is -0.243. The number of hydrogen-bond donors (Lipinski definition) is 1. The van der Waals surface area contributed by atoms with Crippen molar-refractivity contribution in [3.63, 3.8) is 0 Å². The first-order valence-corrected chi connectivity index (χ1v) is 8.04. The molecule has 2 aliphatic rings. The molecule has 2 atom stereocenters. The fourth-order valence-electron chi connectivity index (χ4n) is 3.20. The van der Waals surface area contributed by atoms with Crippen LogP contribution in [0.4, 0.5) is 5.69 Å². The Morgan fingerprint density at radius 1 is 1.12 bits per heavy atom. The minimum absolute atomic E-state index is 0.0936. The van der Waals surface area contributed by atoms with Crippen LogP contribution in [0.1, 0.15) is 19.3 Å². The van der Waals surface area contributed by atoms with Gasteiger partial charge in [-0.1, -0.05) is 12.2 Å². The molecular formula is C18H20N2O4. The zero-order chi connectivity index (χ0) is 17.1. The number of carbonyl (C=O) groups excluding carboxylic acids is 3. The Morgan fingerprint density at radius 2 is 1.71 bits per heavy atom. The Balaban J connectivity index is 1.54. The monoisotopic (exact) mass is 328 g/mol. The molecule has 1 aliphatic carbocycles. The lowest BCUT2D eigenvalue weighted by atomic mass is 9.85. The molecule has 6 nitrogen and oxygen atoms in total. The number of imide groups is 1. The van der Waals surface area contributed by atoms with Crippen molar-refractivity contribution in [2.24, 2.45) is 11.8 Å². The molecule has 1 N–H and O–H groups in total. The maximum atomic E-state index is 12.3. The van der Waals surface area contributed by atoms with Gasteiger partial charge in [-0.3, -0.25) is 19.3 Å². The van der Waals surface area contributed by atoms with E-state index in [9.17, 15) is 14.4 Å². The highest BCUT2D eigenvalue weighted by molar-refractivity contribution is 6.05. The van der Waals surface area contributed by atoms with Crippen LogP contribution in [-0.2, 0) is 14.4 Å². The topological polar surface area (TPSA) is 75.7 Å². The summed E-state index contributed by atoms with van der Waals surface area (Å²) in [5.41, 5.74) is 0.651. The first-order valence-electron chi connectivity index (χ1n) is 8.04. The number of hydrogen-bond acceptors (Lipinski definition) is 4. The Labute approximate surface area is 140 Å². The van der Waals surface area contributed by atoms with E-state index in [1.54, 1.807) is 31.4 Å². The predicted molar refractivity (Wildman–Crippen MR) is 88.3 cm³/mol. The Kier molecular flexibility index (Phi) is 4.64. The molecule has 3 rings (SSSR count). The van der Waals surface area contributed by atoms with Crippen molar-refractivity contribution in [2.45, 2.75) is 19.3 Å². The van der Waals surface area contributed by atoms with Gasteiger partial charge in [0.25, 0.3) is 0 Å². The summed E-state index contributed by atoms with van der Waals surface area (Å²) in [4.78, 5) is 37.9. The number of anilines is 1. The molecule has 1 saturated heterocycles. The van der Waals surface area contributed by atoms with Gasteiger partial charge in [0.15, 0.2) is 0 Å². The number of allylic oxidation sites excluding steroid dienone is 2. The second-order valence-corrected chi connectivity index (χ2v) is 6.01. The van der Waals surface area contributed by atoms with E-state index in [1.165, 1.54) is 4.90 Å². The number of rotatable bonds is 5. The molecule has 1 heterocycles. The van der Waals surface area contributed by atoms with Crippen LogP contribution in [0.15, 0.2) is 36.4 Å². The van der Waals surface area contributed by atoms with Crippen LogP contribution in [0.2, 0.25) is 0 Å². The van der Waals surface area contributed by atoms with Gasteiger partial charge in [-0.15, -0.1) is 0 Å². The second-order valence-electron chi connectivity index (χ2n) is 6.01. The van der Waals surface area contributed by atoms with Gasteiger partial charge in [0.2, 0.25) is 17.7 Å². The minimum Gasteiger partial charge on any atom is -0.497 e. The maximum absolute atomic E-state index is 12.3. The van der Waals surface area contributed by atoms with Gasteiger partial charge < -0.3 is 10.1 Å². The molecule has 0 aromatic heterocycles. The summed E-state index contributed by atoms with van der Waals surface area (Å²) < 4.78 is 5.06. The first kappa shape index (κ1) is 16.2. The third-order valence-corrected chi connectivity index (χ3v) is 4.54. The van der Waals surface area contributed by atoms with Crippen LogP contribution < -0.4 is 10.1 Å². The summed E-state index contributed by atoms with van der Waals surface area (Å²) in [5.74, 6) is -0.302. The molecule has 0 unspecified atom stereocenters. The number of nitrogens with zero attached hydrogens (tertiary/aromatic N) is 1. The SMILES string of the molecule is COc1ccc(NC(=O)CCN2C(=O)[C@H]3CC=CC[C@H]3C2=O)cc1. The van der Waals surface area contributed by atoms with Crippen LogP contribution in [-0.4, -0.2) is 36.3 Å². The van der Waals surface area contributed by atoms with E-state index < -0.39 is 0 Å². The van der Waals surface area contributed by atoms with E-state index in [4.69, 9.17) is 4.74 Å². The van der Waals surface area contributed by atoms with Gasteiger partial charge in [0, 0.05) is 18.7 Å². The molecular weight excluding hydrogens is 308 g/mol. The summed E-state index contributed by atoms with van der Waals surface area (Å²) in [5, 5.41) is 2.75. The smallest absolute Gasteiger partial charge is 0.233 e. The summed E-state index contributed by atoms with van der Waals surface area (Å²) >= 11 is 0. The zero-order valence-electron chi connectivity index (χ0n) is 13.5. The van der Waals surface area contributed by atoms with Crippen molar-refractivity contribution < 1.29 is 19.1 Å². The molecule has 1 aromatic carbocycles. The molecule has 3 amide bonds. The van der Waals surface area contributed by atoms with Crippen LogP contribution in [0.25, 0.3) is 0 Å². The molecule has 1 fully saturated rings. The number of carbonyl (C=O) groups is 3. The lowest BCUT2D eigenvalue weighted by molar-refractivity contribution is -0.140. The Hall–Kier alpha value is -2.63. The summed E-state index contributed by atoms with van der Waals surface area (Å²) in [6.07, 6.45) is 5.22. The van der Waals surface area contributed by atoms with E-state index in [1.807, 2.05) is 12.2 Å². The Bertz CT molecular complexity index is 655. The molecule has 6 heteroatoms. The van der Waals surface area contributed by atoms with E-state index in [0.29, 0.717) is 24.3 Å². The van der Waals surface area contributed by atoms with Gasteiger partial charge in [-0.2, -0.15) is 0 Å². The fraction of sp³-hybridized carbons (Fsp3) is 0.389. The standard InChI is InChI=1S/C18H20N2O4/c1-24-13-8-6-12(7-9-13)19-16(21)10-11-20-17(22)14-4-2-3-5-15(14)18(20)23/h2-3,6-9,14-15H,4-5,10-11H2,1H3,(H,19,21)/t14-,15+. The second kappa shape index (κ2) is 6.86. The van der Waals surface area contributed by atoms with Crippen molar-refractivity contribution in [3.8, 4) is 5.75 Å².